The summed E-state index contributed by atoms with van der Waals surface area (Å²) in [5.74, 6) is 0.768. The maximum absolute atomic E-state index is 12.7. The van der Waals surface area contributed by atoms with E-state index in [2.05, 4.69) is 22.9 Å². The summed E-state index contributed by atoms with van der Waals surface area (Å²) in [4.78, 5) is 14.7. The van der Waals surface area contributed by atoms with Gasteiger partial charge in [-0.2, -0.15) is 0 Å². The molecular formula is C16H22BrNO2. The molecule has 0 saturated heterocycles. The zero-order valence-corrected chi connectivity index (χ0v) is 13.9. The van der Waals surface area contributed by atoms with E-state index in [0.29, 0.717) is 25.1 Å². The van der Waals surface area contributed by atoms with Crippen LogP contribution in [0.4, 0.5) is 0 Å². The maximum Gasteiger partial charge on any atom is 0.254 e. The molecule has 1 saturated carbocycles. The van der Waals surface area contributed by atoms with Crippen molar-refractivity contribution < 1.29 is 9.53 Å². The lowest BCUT2D eigenvalue weighted by Crippen LogP contribution is -2.42. The fraction of sp³-hybridized carbons (Fsp3) is 0.562. The quantitative estimate of drug-likeness (QED) is 0.791. The molecule has 1 atom stereocenters. The Balaban J connectivity index is 2.17. The summed E-state index contributed by atoms with van der Waals surface area (Å²) in [5.41, 5.74) is 1.84. The lowest BCUT2D eigenvalue weighted by atomic mass is 10.1. The number of methoxy groups -OCH3 is 1. The Bertz CT molecular complexity index is 485. The van der Waals surface area contributed by atoms with Crippen molar-refractivity contribution in [3.05, 3.63) is 33.8 Å². The van der Waals surface area contributed by atoms with Crippen molar-refractivity contribution in [1.29, 1.82) is 0 Å². The molecule has 1 aromatic rings. The molecule has 0 spiro atoms. The van der Waals surface area contributed by atoms with Gasteiger partial charge in [0.2, 0.25) is 0 Å². The first-order chi connectivity index (χ1) is 9.54. The molecule has 0 radical (unpaired) electrons. The second-order valence-corrected chi connectivity index (χ2v) is 6.39. The molecule has 20 heavy (non-hydrogen) atoms. The van der Waals surface area contributed by atoms with Crippen molar-refractivity contribution in [2.24, 2.45) is 5.92 Å². The van der Waals surface area contributed by atoms with Crippen molar-refractivity contribution in [3.8, 4) is 0 Å². The first-order valence-electron chi connectivity index (χ1n) is 7.10. The van der Waals surface area contributed by atoms with E-state index in [-0.39, 0.29) is 5.91 Å². The van der Waals surface area contributed by atoms with Crippen LogP contribution in [0.15, 0.2) is 22.7 Å². The largest absolute Gasteiger partial charge is 0.383 e. The van der Waals surface area contributed by atoms with E-state index in [0.717, 1.165) is 15.6 Å². The molecule has 1 amide bonds. The molecule has 3 nitrogen and oxygen atoms in total. The van der Waals surface area contributed by atoms with Crippen LogP contribution < -0.4 is 0 Å². The van der Waals surface area contributed by atoms with E-state index in [1.807, 2.05) is 30.0 Å². The van der Waals surface area contributed by atoms with Gasteiger partial charge in [-0.1, -0.05) is 15.9 Å². The zero-order valence-electron chi connectivity index (χ0n) is 12.4. The van der Waals surface area contributed by atoms with Gasteiger partial charge in [0.15, 0.2) is 0 Å². The van der Waals surface area contributed by atoms with Crippen LogP contribution in [0.3, 0.4) is 0 Å². The second-order valence-electron chi connectivity index (χ2n) is 5.53. The summed E-state index contributed by atoms with van der Waals surface area (Å²) < 4.78 is 6.19. The molecular weight excluding hydrogens is 318 g/mol. The Morgan fingerprint density at radius 1 is 1.50 bits per heavy atom. The third-order valence-electron chi connectivity index (χ3n) is 4.00. The minimum atomic E-state index is 0.108. The molecule has 1 fully saturated rings. The van der Waals surface area contributed by atoms with Crippen molar-refractivity contribution >= 4 is 21.8 Å². The SMILES string of the molecule is COCCN(C(=O)c1ccc(Br)c(C)c1)C(C)C1CC1. The number of aryl methyl sites for hydroxylation is 1. The molecule has 0 N–H and O–H groups in total. The van der Waals surface area contributed by atoms with Crippen molar-refractivity contribution in [1.82, 2.24) is 4.90 Å². The number of hydrogen-bond acceptors (Lipinski definition) is 2. The van der Waals surface area contributed by atoms with E-state index < -0.39 is 0 Å². The van der Waals surface area contributed by atoms with Crippen LogP contribution in [0.2, 0.25) is 0 Å². The number of carbonyl (C=O) groups is 1. The molecule has 0 heterocycles. The Morgan fingerprint density at radius 3 is 2.75 bits per heavy atom. The lowest BCUT2D eigenvalue weighted by molar-refractivity contribution is 0.0594. The molecule has 110 valence electrons. The molecule has 0 aliphatic heterocycles. The Morgan fingerprint density at radius 2 is 2.20 bits per heavy atom. The van der Waals surface area contributed by atoms with Crippen LogP contribution in [-0.4, -0.2) is 37.1 Å². The highest BCUT2D eigenvalue weighted by molar-refractivity contribution is 9.10. The summed E-state index contributed by atoms with van der Waals surface area (Å²) in [6.45, 7) is 5.39. The Hall–Kier alpha value is -0.870. The number of carbonyl (C=O) groups excluding carboxylic acids is 1. The Kier molecular flexibility index (Phi) is 5.22. The first kappa shape index (κ1) is 15.5. The molecule has 0 bridgehead atoms. The normalized spacial score (nSPS) is 16.0. The smallest absolute Gasteiger partial charge is 0.254 e. The Labute approximate surface area is 129 Å². The molecule has 0 aromatic heterocycles. The molecule has 4 heteroatoms. The number of benzene rings is 1. The van der Waals surface area contributed by atoms with Gasteiger partial charge in [0.05, 0.1) is 6.61 Å². The number of ether oxygens (including phenoxy) is 1. The minimum absolute atomic E-state index is 0.108. The van der Waals surface area contributed by atoms with Gasteiger partial charge in [-0.05, 0) is 56.4 Å². The van der Waals surface area contributed by atoms with Gasteiger partial charge in [0.1, 0.15) is 0 Å². The lowest BCUT2D eigenvalue weighted by Gasteiger charge is -2.29. The monoisotopic (exact) mass is 339 g/mol. The minimum Gasteiger partial charge on any atom is -0.383 e. The average molecular weight is 340 g/mol. The highest BCUT2D eigenvalue weighted by Crippen LogP contribution is 2.35. The number of rotatable bonds is 6. The van der Waals surface area contributed by atoms with Gasteiger partial charge >= 0.3 is 0 Å². The number of halogens is 1. The van der Waals surface area contributed by atoms with Gasteiger partial charge in [-0.15, -0.1) is 0 Å². The van der Waals surface area contributed by atoms with E-state index in [9.17, 15) is 4.79 Å². The van der Waals surface area contributed by atoms with Crippen LogP contribution >= 0.6 is 15.9 Å². The predicted octanol–water partition coefficient (Wildman–Crippen LogP) is 3.64. The third-order valence-corrected chi connectivity index (χ3v) is 4.89. The van der Waals surface area contributed by atoms with E-state index >= 15 is 0 Å². The zero-order chi connectivity index (χ0) is 14.7. The van der Waals surface area contributed by atoms with Crippen molar-refractivity contribution in [2.75, 3.05) is 20.3 Å². The van der Waals surface area contributed by atoms with Crippen molar-refractivity contribution in [2.45, 2.75) is 32.7 Å². The molecule has 1 aliphatic rings. The number of amides is 1. The molecule has 2 rings (SSSR count). The van der Waals surface area contributed by atoms with E-state index in [1.54, 1.807) is 7.11 Å². The van der Waals surface area contributed by atoms with Gasteiger partial charge in [-0.3, -0.25) is 4.79 Å². The number of hydrogen-bond donors (Lipinski definition) is 0. The summed E-state index contributed by atoms with van der Waals surface area (Å²) in [6, 6.07) is 6.07. The van der Waals surface area contributed by atoms with Crippen LogP contribution in [0.5, 0.6) is 0 Å². The third kappa shape index (κ3) is 3.61. The summed E-state index contributed by atoms with van der Waals surface area (Å²) >= 11 is 3.47. The van der Waals surface area contributed by atoms with Crippen molar-refractivity contribution in [3.63, 3.8) is 0 Å². The second kappa shape index (κ2) is 6.72. The molecule has 1 aliphatic carbocycles. The van der Waals surface area contributed by atoms with Gasteiger partial charge in [-0.25, -0.2) is 0 Å². The van der Waals surface area contributed by atoms with Crippen LogP contribution in [-0.2, 0) is 4.74 Å². The standard InChI is InChI=1S/C16H22BrNO2/c1-11-10-14(6-7-15(11)17)16(19)18(8-9-20-3)12(2)13-4-5-13/h6-7,10,12-13H,4-5,8-9H2,1-3H3. The fourth-order valence-corrected chi connectivity index (χ4v) is 2.70. The van der Waals surface area contributed by atoms with Gasteiger partial charge in [0, 0.05) is 29.7 Å². The van der Waals surface area contributed by atoms with Crippen LogP contribution in [0.1, 0.15) is 35.7 Å². The predicted molar refractivity (Wildman–Crippen MR) is 84.0 cm³/mol. The maximum atomic E-state index is 12.7. The average Bonchev–Trinajstić information content (AvgIpc) is 3.26. The molecule has 1 unspecified atom stereocenters. The van der Waals surface area contributed by atoms with Crippen LogP contribution in [0.25, 0.3) is 0 Å². The highest BCUT2D eigenvalue weighted by atomic mass is 79.9. The van der Waals surface area contributed by atoms with Gasteiger partial charge in [0.25, 0.3) is 5.91 Å². The molecule has 1 aromatic carbocycles. The van der Waals surface area contributed by atoms with E-state index in [4.69, 9.17) is 4.74 Å². The fourth-order valence-electron chi connectivity index (χ4n) is 2.46. The van der Waals surface area contributed by atoms with Crippen LogP contribution in [0, 0.1) is 12.8 Å². The highest BCUT2D eigenvalue weighted by Gasteiger charge is 2.34. The summed E-state index contributed by atoms with van der Waals surface area (Å²) in [5, 5.41) is 0. The summed E-state index contributed by atoms with van der Waals surface area (Å²) in [7, 11) is 1.67. The number of nitrogens with zero attached hydrogens (tertiary/aromatic N) is 1. The summed E-state index contributed by atoms with van der Waals surface area (Å²) in [6.07, 6.45) is 2.47. The topological polar surface area (TPSA) is 29.5 Å². The van der Waals surface area contributed by atoms with E-state index in [1.165, 1.54) is 12.8 Å². The first-order valence-corrected chi connectivity index (χ1v) is 7.90. The van der Waals surface area contributed by atoms with Gasteiger partial charge < -0.3 is 9.64 Å².